The van der Waals surface area contributed by atoms with Crippen molar-refractivity contribution in [3.05, 3.63) is 30.0 Å². The van der Waals surface area contributed by atoms with E-state index >= 15 is 0 Å². The van der Waals surface area contributed by atoms with Crippen LogP contribution in [0.15, 0.2) is 29.2 Å². The van der Waals surface area contributed by atoms with E-state index in [1.807, 2.05) is 24.3 Å². The quantitative estimate of drug-likeness (QED) is 0.821. The number of H-pyrrole nitrogens is 1. The van der Waals surface area contributed by atoms with E-state index < -0.39 is 5.91 Å². The number of carbonyl (C=O) groups excluding carboxylic acids is 1. The van der Waals surface area contributed by atoms with Gasteiger partial charge in [-0.25, -0.2) is 0 Å². The van der Waals surface area contributed by atoms with Crippen LogP contribution in [0.4, 0.5) is 0 Å². The number of benzene rings is 1. The second kappa shape index (κ2) is 5.88. The smallest absolute Gasteiger partial charge is 0.271 e. The molecular formula is C13H16N4OS. The molecule has 1 aromatic heterocycles. The molecule has 5 nitrogen and oxygen atoms in total. The van der Waals surface area contributed by atoms with Crippen LogP contribution in [-0.2, 0) is 0 Å². The zero-order valence-corrected chi connectivity index (χ0v) is 11.7. The van der Waals surface area contributed by atoms with E-state index in [1.165, 1.54) is 0 Å². The van der Waals surface area contributed by atoms with E-state index in [0.717, 1.165) is 16.2 Å². The van der Waals surface area contributed by atoms with Gasteiger partial charge in [-0.15, -0.1) is 11.8 Å². The standard InChI is InChI=1S/C13H16N4OS/c1-8(2)7-19-10-5-3-4-9(6-10)11-12(13(14)18)16-17-15-11/h3-6,8H,7H2,1-2H3,(H2,14,18)(H,15,16,17). The maximum atomic E-state index is 11.3. The van der Waals surface area contributed by atoms with Gasteiger partial charge < -0.3 is 5.73 Å². The maximum absolute atomic E-state index is 11.3. The molecule has 6 heteroatoms. The molecular weight excluding hydrogens is 260 g/mol. The van der Waals surface area contributed by atoms with Crippen molar-refractivity contribution >= 4 is 17.7 Å². The highest BCUT2D eigenvalue weighted by molar-refractivity contribution is 7.99. The molecule has 0 bridgehead atoms. The van der Waals surface area contributed by atoms with Crippen LogP contribution in [0, 0.1) is 5.92 Å². The van der Waals surface area contributed by atoms with Crippen LogP contribution in [0.25, 0.3) is 11.3 Å². The number of amides is 1. The average molecular weight is 276 g/mol. The third-order valence-electron chi connectivity index (χ3n) is 2.47. The highest BCUT2D eigenvalue weighted by Crippen LogP contribution is 2.26. The van der Waals surface area contributed by atoms with E-state index in [4.69, 9.17) is 5.73 Å². The first-order chi connectivity index (χ1) is 9.08. The summed E-state index contributed by atoms with van der Waals surface area (Å²) in [6.45, 7) is 4.36. The number of aromatic amines is 1. The number of rotatable bonds is 5. The number of carbonyl (C=O) groups is 1. The lowest BCUT2D eigenvalue weighted by molar-refractivity contribution is 0.0996. The van der Waals surface area contributed by atoms with Crippen molar-refractivity contribution in [2.24, 2.45) is 11.7 Å². The van der Waals surface area contributed by atoms with Gasteiger partial charge in [0.25, 0.3) is 5.91 Å². The summed E-state index contributed by atoms with van der Waals surface area (Å²) in [5, 5.41) is 10.2. The summed E-state index contributed by atoms with van der Waals surface area (Å²) in [7, 11) is 0. The molecule has 0 aliphatic carbocycles. The first-order valence-electron chi connectivity index (χ1n) is 6.01. The summed E-state index contributed by atoms with van der Waals surface area (Å²) in [4.78, 5) is 12.4. The number of hydrogen-bond donors (Lipinski definition) is 2. The molecule has 19 heavy (non-hydrogen) atoms. The SMILES string of the molecule is CC(C)CSc1cccc(-c2n[nH]nc2C(N)=O)c1. The molecule has 0 unspecified atom stereocenters. The lowest BCUT2D eigenvalue weighted by atomic mass is 10.1. The Bertz CT molecular complexity index is 580. The lowest BCUT2D eigenvalue weighted by Crippen LogP contribution is -2.12. The van der Waals surface area contributed by atoms with Gasteiger partial charge in [0.15, 0.2) is 5.69 Å². The molecule has 3 N–H and O–H groups in total. The molecule has 0 fully saturated rings. The number of thioether (sulfide) groups is 1. The van der Waals surface area contributed by atoms with Crippen LogP contribution < -0.4 is 5.73 Å². The number of aromatic nitrogens is 3. The number of nitrogens with one attached hydrogen (secondary N) is 1. The summed E-state index contributed by atoms with van der Waals surface area (Å²) in [5.41, 5.74) is 6.78. The van der Waals surface area contributed by atoms with Crippen LogP contribution in [0.3, 0.4) is 0 Å². The molecule has 100 valence electrons. The Morgan fingerprint density at radius 3 is 2.89 bits per heavy atom. The first-order valence-corrected chi connectivity index (χ1v) is 7.00. The van der Waals surface area contributed by atoms with Crippen LogP contribution in [-0.4, -0.2) is 27.1 Å². The van der Waals surface area contributed by atoms with E-state index in [9.17, 15) is 4.79 Å². The van der Waals surface area contributed by atoms with Crippen LogP contribution in [0.1, 0.15) is 24.3 Å². The van der Waals surface area contributed by atoms with Crippen molar-refractivity contribution in [3.8, 4) is 11.3 Å². The predicted molar refractivity (Wildman–Crippen MR) is 75.9 cm³/mol. The van der Waals surface area contributed by atoms with Crippen molar-refractivity contribution in [3.63, 3.8) is 0 Å². The van der Waals surface area contributed by atoms with Crippen molar-refractivity contribution in [2.75, 3.05) is 5.75 Å². The van der Waals surface area contributed by atoms with Crippen molar-refractivity contribution in [2.45, 2.75) is 18.7 Å². The Labute approximate surface area is 116 Å². The summed E-state index contributed by atoms with van der Waals surface area (Å²) >= 11 is 1.78. The maximum Gasteiger partial charge on any atom is 0.271 e. The van der Waals surface area contributed by atoms with Crippen LogP contribution >= 0.6 is 11.8 Å². The number of primary amides is 1. The van der Waals surface area contributed by atoms with E-state index in [2.05, 4.69) is 29.3 Å². The Kier molecular flexibility index (Phi) is 4.21. The van der Waals surface area contributed by atoms with Gasteiger partial charge in [0.05, 0.1) is 0 Å². The van der Waals surface area contributed by atoms with E-state index in [0.29, 0.717) is 11.6 Å². The van der Waals surface area contributed by atoms with Crippen LogP contribution in [0.2, 0.25) is 0 Å². The highest BCUT2D eigenvalue weighted by atomic mass is 32.2. The third-order valence-corrected chi connectivity index (χ3v) is 3.89. The van der Waals surface area contributed by atoms with Crippen LogP contribution in [0.5, 0.6) is 0 Å². The fourth-order valence-electron chi connectivity index (χ4n) is 1.60. The molecule has 0 spiro atoms. The largest absolute Gasteiger partial charge is 0.364 e. The fourth-order valence-corrected chi connectivity index (χ4v) is 2.51. The van der Waals surface area contributed by atoms with Crippen molar-refractivity contribution in [1.82, 2.24) is 15.4 Å². The normalized spacial score (nSPS) is 10.9. The highest BCUT2D eigenvalue weighted by Gasteiger charge is 2.15. The Morgan fingerprint density at radius 1 is 1.42 bits per heavy atom. The van der Waals surface area contributed by atoms with Gasteiger partial charge in [0.1, 0.15) is 5.69 Å². The monoisotopic (exact) mass is 276 g/mol. The molecule has 1 amide bonds. The molecule has 0 saturated carbocycles. The van der Waals surface area contributed by atoms with E-state index in [1.54, 1.807) is 11.8 Å². The van der Waals surface area contributed by atoms with Gasteiger partial charge in [0, 0.05) is 16.2 Å². The summed E-state index contributed by atoms with van der Waals surface area (Å²) in [6, 6.07) is 7.87. The van der Waals surface area contributed by atoms with Gasteiger partial charge in [-0.3, -0.25) is 4.79 Å². The molecule has 0 aliphatic heterocycles. The molecule has 0 radical (unpaired) electrons. The molecule has 0 aliphatic rings. The lowest BCUT2D eigenvalue weighted by Gasteiger charge is -2.06. The summed E-state index contributed by atoms with van der Waals surface area (Å²) in [5.74, 6) is 1.09. The molecule has 0 saturated heterocycles. The second-order valence-electron chi connectivity index (χ2n) is 4.62. The van der Waals surface area contributed by atoms with Gasteiger partial charge in [-0.05, 0) is 18.1 Å². The molecule has 0 atom stereocenters. The van der Waals surface area contributed by atoms with E-state index in [-0.39, 0.29) is 5.69 Å². The summed E-state index contributed by atoms with van der Waals surface area (Å²) < 4.78 is 0. The molecule has 2 aromatic rings. The van der Waals surface area contributed by atoms with Crippen molar-refractivity contribution in [1.29, 1.82) is 0 Å². The fraction of sp³-hybridized carbons (Fsp3) is 0.308. The average Bonchev–Trinajstić information content (AvgIpc) is 2.86. The topological polar surface area (TPSA) is 84.7 Å². The van der Waals surface area contributed by atoms with Gasteiger partial charge in [0.2, 0.25) is 0 Å². The van der Waals surface area contributed by atoms with Gasteiger partial charge in [-0.1, -0.05) is 26.0 Å². The zero-order chi connectivity index (χ0) is 13.8. The zero-order valence-electron chi connectivity index (χ0n) is 10.9. The van der Waals surface area contributed by atoms with Crippen molar-refractivity contribution < 1.29 is 4.79 Å². The molecule has 2 rings (SSSR count). The minimum atomic E-state index is -0.580. The number of nitrogens with zero attached hydrogens (tertiary/aromatic N) is 2. The predicted octanol–water partition coefficient (Wildman–Crippen LogP) is 2.32. The second-order valence-corrected chi connectivity index (χ2v) is 5.71. The molecule has 1 heterocycles. The Morgan fingerprint density at radius 2 is 2.21 bits per heavy atom. The third kappa shape index (κ3) is 3.35. The van der Waals surface area contributed by atoms with Gasteiger partial charge >= 0.3 is 0 Å². The molecule has 1 aromatic carbocycles. The minimum absolute atomic E-state index is 0.172. The Hall–Kier alpha value is -1.82. The number of hydrogen-bond acceptors (Lipinski definition) is 4. The minimum Gasteiger partial charge on any atom is -0.364 e. The number of nitrogens with two attached hydrogens (primary N) is 1. The summed E-state index contributed by atoms with van der Waals surface area (Å²) in [6.07, 6.45) is 0. The first kappa shape index (κ1) is 13.6. The van der Waals surface area contributed by atoms with Gasteiger partial charge in [-0.2, -0.15) is 15.4 Å². The Balaban J connectivity index is 2.27.